The highest BCUT2D eigenvalue weighted by Crippen LogP contribution is 2.31. The van der Waals surface area contributed by atoms with Gasteiger partial charge in [0.25, 0.3) is 0 Å². The lowest BCUT2D eigenvalue weighted by atomic mass is 10.1. The molecule has 2 saturated heterocycles. The zero-order valence-corrected chi connectivity index (χ0v) is 20.0. The van der Waals surface area contributed by atoms with Crippen LogP contribution < -0.4 is 0 Å². The van der Waals surface area contributed by atoms with E-state index in [-0.39, 0.29) is 6.10 Å². The van der Waals surface area contributed by atoms with Crippen molar-refractivity contribution in [3.05, 3.63) is 53.6 Å². The fourth-order valence-electron chi connectivity index (χ4n) is 4.52. The molecule has 0 saturated carbocycles. The minimum atomic E-state index is -3.46. The molecular formula is C24H29N3O3S2. The molecule has 5 rings (SSSR count). The van der Waals surface area contributed by atoms with Crippen molar-refractivity contribution in [1.82, 2.24) is 13.9 Å². The number of rotatable bonds is 7. The molecule has 2 fully saturated rings. The van der Waals surface area contributed by atoms with Gasteiger partial charge in [0.1, 0.15) is 0 Å². The predicted molar refractivity (Wildman–Crippen MR) is 127 cm³/mol. The van der Waals surface area contributed by atoms with E-state index in [1.165, 1.54) is 11.1 Å². The lowest BCUT2D eigenvalue weighted by Crippen LogP contribution is -2.27. The third-order valence-electron chi connectivity index (χ3n) is 6.42. The van der Waals surface area contributed by atoms with Gasteiger partial charge in [0.15, 0.2) is 5.16 Å². The largest absolute Gasteiger partial charge is 0.376 e. The molecule has 0 amide bonds. The van der Waals surface area contributed by atoms with Crippen molar-refractivity contribution in [1.29, 1.82) is 0 Å². The van der Waals surface area contributed by atoms with Crippen LogP contribution >= 0.6 is 11.8 Å². The van der Waals surface area contributed by atoms with E-state index in [4.69, 9.17) is 9.72 Å². The summed E-state index contributed by atoms with van der Waals surface area (Å²) >= 11 is 1.70. The highest BCUT2D eigenvalue weighted by Gasteiger charge is 2.28. The number of thioether (sulfide) groups is 1. The van der Waals surface area contributed by atoms with E-state index in [2.05, 4.69) is 35.8 Å². The first-order chi connectivity index (χ1) is 15.5. The van der Waals surface area contributed by atoms with Crippen molar-refractivity contribution in [3.8, 4) is 0 Å². The van der Waals surface area contributed by atoms with Crippen molar-refractivity contribution in [2.24, 2.45) is 0 Å². The highest BCUT2D eigenvalue weighted by atomic mass is 32.2. The number of sulfonamides is 1. The normalized spacial score (nSPS) is 19.8. The highest BCUT2D eigenvalue weighted by molar-refractivity contribution is 7.98. The van der Waals surface area contributed by atoms with E-state index in [9.17, 15) is 8.42 Å². The molecular weight excluding hydrogens is 442 g/mol. The van der Waals surface area contributed by atoms with E-state index in [1.807, 2.05) is 6.07 Å². The average molecular weight is 472 g/mol. The second-order valence-electron chi connectivity index (χ2n) is 8.62. The molecule has 0 N–H and O–H groups in total. The molecule has 0 radical (unpaired) electrons. The fraction of sp³-hybridized carbons (Fsp3) is 0.458. The molecule has 0 aliphatic carbocycles. The Kier molecular flexibility index (Phi) is 6.29. The summed E-state index contributed by atoms with van der Waals surface area (Å²) < 4.78 is 35.8. The van der Waals surface area contributed by atoms with Gasteiger partial charge in [0.2, 0.25) is 10.0 Å². The molecule has 170 valence electrons. The first-order valence-corrected chi connectivity index (χ1v) is 13.7. The first-order valence-electron chi connectivity index (χ1n) is 11.3. The number of aryl methyl sites for hydroxylation is 1. The zero-order valence-electron chi connectivity index (χ0n) is 18.4. The lowest BCUT2D eigenvalue weighted by Gasteiger charge is -2.16. The maximum absolute atomic E-state index is 13.1. The molecule has 2 aromatic carbocycles. The number of ether oxygens (including phenoxy) is 1. The van der Waals surface area contributed by atoms with Crippen LogP contribution in [0.15, 0.2) is 52.5 Å². The van der Waals surface area contributed by atoms with Crippen LogP contribution in [-0.4, -0.2) is 48.1 Å². The summed E-state index contributed by atoms with van der Waals surface area (Å²) in [6.45, 7) is 4.88. The number of nitrogens with zero attached hydrogens (tertiary/aromatic N) is 3. The van der Waals surface area contributed by atoms with Crippen LogP contribution in [0.4, 0.5) is 0 Å². The summed E-state index contributed by atoms with van der Waals surface area (Å²) in [6, 6.07) is 13.8. The number of imidazole rings is 1. The SMILES string of the molecule is Cc1ccccc1CSc1nc2cc(S(=O)(=O)N3CCCC3)ccc2n1C[C@H]1CCCO1. The standard InChI is InChI=1S/C24H29N3O3S2/c1-18-7-2-3-8-19(18)17-31-24-25-22-15-21(32(28,29)26-12-4-5-13-26)10-11-23(22)27(24)16-20-9-6-14-30-20/h2-3,7-8,10-11,15,20H,4-6,9,12-14,16-17H2,1H3/t20-/m1/s1. The molecule has 2 aliphatic heterocycles. The second-order valence-corrected chi connectivity index (χ2v) is 11.5. The maximum atomic E-state index is 13.1. The molecule has 0 spiro atoms. The Balaban J connectivity index is 1.49. The third-order valence-corrected chi connectivity index (χ3v) is 9.34. The Morgan fingerprint density at radius 2 is 1.94 bits per heavy atom. The van der Waals surface area contributed by atoms with Crippen molar-refractivity contribution in [3.63, 3.8) is 0 Å². The van der Waals surface area contributed by atoms with Gasteiger partial charge in [-0.15, -0.1) is 0 Å². The Morgan fingerprint density at radius 1 is 1.12 bits per heavy atom. The smallest absolute Gasteiger partial charge is 0.243 e. The van der Waals surface area contributed by atoms with Gasteiger partial charge >= 0.3 is 0 Å². The number of benzene rings is 2. The van der Waals surface area contributed by atoms with Gasteiger partial charge in [-0.25, -0.2) is 13.4 Å². The van der Waals surface area contributed by atoms with E-state index < -0.39 is 10.0 Å². The van der Waals surface area contributed by atoms with Gasteiger partial charge in [-0.1, -0.05) is 36.0 Å². The lowest BCUT2D eigenvalue weighted by molar-refractivity contribution is 0.0960. The third kappa shape index (κ3) is 4.33. The van der Waals surface area contributed by atoms with Gasteiger partial charge < -0.3 is 9.30 Å². The average Bonchev–Trinajstić information content (AvgIpc) is 3.55. The van der Waals surface area contributed by atoms with Crippen LogP contribution in [0.3, 0.4) is 0 Å². The van der Waals surface area contributed by atoms with Gasteiger partial charge in [-0.3, -0.25) is 0 Å². The summed E-state index contributed by atoms with van der Waals surface area (Å²) in [5, 5.41) is 0.912. The van der Waals surface area contributed by atoms with Gasteiger partial charge in [-0.05, 0) is 61.9 Å². The number of aromatic nitrogens is 2. The van der Waals surface area contributed by atoms with Crippen LogP contribution in [-0.2, 0) is 27.1 Å². The molecule has 0 bridgehead atoms. The monoisotopic (exact) mass is 471 g/mol. The molecule has 3 aromatic rings. The summed E-state index contributed by atoms with van der Waals surface area (Å²) in [6.07, 6.45) is 4.16. The fourth-order valence-corrected chi connectivity index (χ4v) is 7.16. The second kappa shape index (κ2) is 9.17. The number of hydrogen-bond acceptors (Lipinski definition) is 5. The van der Waals surface area contributed by atoms with Crippen molar-refractivity contribution in [2.75, 3.05) is 19.7 Å². The van der Waals surface area contributed by atoms with Crippen molar-refractivity contribution in [2.45, 2.75) is 61.1 Å². The van der Waals surface area contributed by atoms with Crippen molar-refractivity contribution < 1.29 is 13.2 Å². The van der Waals surface area contributed by atoms with Crippen LogP contribution in [0, 0.1) is 6.92 Å². The Labute approximate surface area is 194 Å². The molecule has 8 heteroatoms. The van der Waals surface area contributed by atoms with Crippen LogP contribution in [0.25, 0.3) is 11.0 Å². The van der Waals surface area contributed by atoms with Crippen molar-refractivity contribution >= 4 is 32.8 Å². The van der Waals surface area contributed by atoms with Gasteiger partial charge in [0, 0.05) is 25.4 Å². The van der Waals surface area contributed by atoms with E-state index in [1.54, 1.807) is 28.2 Å². The van der Waals surface area contributed by atoms with E-state index in [0.717, 1.165) is 60.8 Å². The van der Waals surface area contributed by atoms with Gasteiger partial charge in [0.05, 0.1) is 28.6 Å². The summed E-state index contributed by atoms with van der Waals surface area (Å²) in [7, 11) is -3.46. The van der Waals surface area contributed by atoms with Crippen LogP contribution in [0.1, 0.15) is 36.8 Å². The topological polar surface area (TPSA) is 64.4 Å². The number of hydrogen-bond donors (Lipinski definition) is 0. The minimum absolute atomic E-state index is 0.179. The Hall–Kier alpha value is -1.87. The van der Waals surface area contributed by atoms with E-state index >= 15 is 0 Å². The quantitative estimate of drug-likeness (QED) is 0.471. The molecule has 6 nitrogen and oxygen atoms in total. The number of fused-ring (bicyclic) bond motifs is 1. The molecule has 32 heavy (non-hydrogen) atoms. The Morgan fingerprint density at radius 3 is 2.69 bits per heavy atom. The predicted octanol–water partition coefficient (Wildman–Crippen LogP) is 4.60. The van der Waals surface area contributed by atoms with E-state index in [0.29, 0.717) is 18.0 Å². The van der Waals surface area contributed by atoms with Crippen LogP contribution in [0.2, 0.25) is 0 Å². The molecule has 2 aliphatic rings. The van der Waals surface area contributed by atoms with Crippen LogP contribution in [0.5, 0.6) is 0 Å². The first kappa shape index (κ1) is 21.9. The zero-order chi connectivity index (χ0) is 22.1. The summed E-state index contributed by atoms with van der Waals surface area (Å²) in [5.74, 6) is 0.820. The summed E-state index contributed by atoms with van der Waals surface area (Å²) in [5.41, 5.74) is 4.25. The minimum Gasteiger partial charge on any atom is -0.376 e. The molecule has 3 heterocycles. The van der Waals surface area contributed by atoms with Gasteiger partial charge in [-0.2, -0.15) is 4.31 Å². The maximum Gasteiger partial charge on any atom is 0.243 e. The summed E-state index contributed by atoms with van der Waals surface area (Å²) in [4.78, 5) is 5.22. The Bertz CT molecular complexity index is 1210. The molecule has 1 atom stereocenters. The molecule has 0 unspecified atom stereocenters. The molecule has 1 aromatic heterocycles.